The van der Waals surface area contributed by atoms with E-state index in [-0.39, 0.29) is 0 Å². The minimum atomic E-state index is 0.559. The van der Waals surface area contributed by atoms with Crippen LogP contribution in [0, 0.1) is 0 Å². The van der Waals surface area contributed by atoms with Crippen LogP contribution in [0.4, 0.5) is 0 Å². The van der Waals surface area contributed by atoms with Gasteiger partial charge in [-0.05, 0) is 38.1 Å². The number of nitrogens with one attached hydrogen (secondary N) is 1. The van der Waals surface area contributed by atoms with Crippen LogP contribution in [0.3, 0.4) is 0 Å². The second kappa shape index (κ2) is 5.62. The molecule has 2 rings (SSSR count). The molecule has 0 aliphatic carbocycles. The summed E-state index contributed by atoms with van der Waals surface area (Å²) in [6.45, 7) is 3.20. The molecule has 0 saturated carbocycles. The molecular weight excluding hydrogens is 222 g/mol. The van der Waals surface area contributed by atoms with Gasteiger partial charge in [-0.2, -0.15) is 0 Å². The Labute approximate surface area is 102 Å². The highest BCUT2D eigenvalue weighted by atomic mass is 35.5. The minimum Gasteiger partial charge on any atom is -0.313 e. The SMILES string of the molecule is CN(Cc1ccc(Cl)nc1)C[C@H]1CCCN1. The van der Waals surface area contributed by atoms with Gasteiger partial charge in [0.05, 0.1) is 0 Å². The molecule has 1 N–H and O–H groups in total. The molecule has 16 heavy (non-hydrogen) atoms. The molecule has 1 aliphatic heterocycles. The second-order valence-corrected chi connectivity index (χ2v) is 4.87. The lowest BCUT2D eigenvalue weighted by atomic mass is 10.2. The van der Waals surface area contributed by atoms with Crippen molar-refractivity contribution in [1.29, 1.82) is 0 Å². The average molecular weight is 240 g/mol. The van der Waals surface area contributed by atoms with E-state index < -0.39 is 0 Å². The summed E-state index contributed by atoms with van der Waals surface area (Å²) in [4.78, 5) is 6.41. The van der Waals surface area contributed by atoms with Gasteiger partial charge in [0.15, 0.2) is 0 Å². The Hall–Kier alpha value is -0.640. The van der Waals surface area contributed by atoms with Crippen molar-refractivity contribution >= 4 is 11.6 Å². The lowest BCUT2D eigenvalue weighted by Gasteiger charge is -2.20. The Morgan fingerprint density at radius 2 is 2.44 bits per heavy atom. The number of hydrogen-bond donors (Lipinski definition) is 1. The molecule has 4 heteroatoms. The molecule has 1 fully saturated rings. The molecule has 0 radical (unpaired) electrons. The Kier molecular flexibility index (Phi) is 4.16. The Morgan fingerprint density at radius 3 is 3.06 bits per heavy atom. The van der Waals surface area contributed by atoms with Gasteiger partial charge in [-0.3, -0.25) is 0 Å². The highest BCUT2D eigenvalue weighted by molar-refractivity contribution is 6.29. The van der Waals surface area contributed by atoms with E-state index in [2.05, 4.69) is 22.2 Å². The number of rotatable bonds is 4. The molecule has 1 aromatic heterocycles. The summed E-state index contributed by atoms with van der Waals surface area (Å²) in [5.41, 5.74) is 1.21. The van der Waals surface area contributed by atoms with E-state index >= 15 is 0 Å². The molecule has 0 unspecified atom stereocenters. The number of nitrogens with zero attached hydrogens (tertiary/aromatic N) is 2. The van der Waals surface area contributed by atoms with Crippen LogP contribution in [0.25, 0.3) is 0 Å². The number of pyridine rings is 1. The van der Waals surface area contributed by atoms with Crippen molar-refractivity contribution in [3.8, 4) is 0 Å². The first-order valence-electron chi connectivity index (χ1n) is 5.76. The van der Waals surface area contributed by atoms with Gasteiger partial charge in [-0.25, -0.2) is 4.98 Å². The Morgan fingerprint density at radius 1 is 1.56 bits per heavy atom. The number of halogens is 1. The molecule has 2 heterocycles. The zero-order valence-electron chi connectivity index (χ0n) is 9.62. The number of aromatic nitrogens is 1. The fraction of sp³-hybridized carbons (Fsp3) is 0.583. The molecule has 3 nitrogen and oxygen atoms in total. The second-order valence-electron chi connectivity index (χ2n) is 4.48. The van der Waals surface area contributed by atoms with Crippen LogP contribution in [0.1, 0.15) is 18.4 Å². The summed E-state index contributed by atoms with van der Waals surface area (Å²) in [6, 6.07) is 4.54. The summed E-state index contributed by atoms with van der Waals surface area (Å²) in [7, 11) is 2.15. The first-order valence-corrected chi connectivity index (χ1v) is 6.14. The van der Waals surface area contributed by atoms with E-state index in [0.29, 0.717) is 11.2 Å². The Balaban J connectivity index is 1.81. The van der Waals surface area contributed by atoms with Crippen molar-refractivity contribution in [3.05, 3.63) is 29.0 Å². The molecule has 0 bridgehead atoms. The third kappa shape index (κ3) is 3.44. The van der Waals surface area contributed by atoms with Gasteiger partial charge in [0.1, 0.15) is 5.15 Å². The van der Waals surface area contributed by atoms with Gasteiger partial charge in [-0.1, -0.05) is 17.7 Å². The third-order valence-electron chi connectivity index (χ3n) is 2.94. The molecule has 1 aromatic rings. The molecule has 88 valence electrons. The minimum absolute atomic E-state index is 0.559. The van der Waals surface area contributed by atoms with E-state index in [0.717, 1.165) is 13.1 Å². The van der Waals surface area contributed by atoms with Gasteiger partial charge in [0, 0.05) is 25.3 Å². The quantitative estimate of drug-likeness (QED) is 0.814. The number of likely N-dealkylation sites (N-methyl/N-ethyl adjacent to an activating group) is 1. The first-order chi connectivity index (χ1) is 7.74. The maximum Gasteiger partial charge on any atom is 0.129 e. The van der Waals surface area contributed by atoms with E-state index in [4.69, 9.17) is 11.6 Å². The van der Waals surface area contributed by atoms with Crippen LogP contribution in [0.15, 0.2) is 18.3 Å². The first kappa shape index (κ1) is 11.8. The molecular formula is C12H18ClN3. The predicted molar refractivity (Wildman–Crippen MR) is 66.6 cm³/mol. The number of hydrogen-bond acceptors (Lipinski definition) is 3. The fourth-order valence-corrected chi connectivity index (χ4v) is 2.28. The highest BCUT2D eigenvalue weighted by Gasteiger charge is 2.15. The van der Waals surface area contributed by atoms with Crippen molar-refractivity contribution < 1.29 is 0 Å². The Bertz CT molecular complexity index is 320. The van der Waals surface area contributed by atoms with Crippen molar-refractivity contribution in [2.24, 2.45) is 0 Å². The maximum atomic E-state index is 5.75. The normalized spacial score (nSPS) is 20.6. The van der Waals surface area contributed by atoms with E-state index in [1.165, 1.54) is 24.9 Å². The maximum absolute atomic E-state index is 5.75. The van der Waals surface area contributed by atoms with E-state index in [1.54, 1.807) is 0 Å². The third-order valence-corrected chi connectivity index (χ3v) is 3.16. The molecule has 0 aromatic carbocycles. The van der Waals surface area contributed by atoms with Crippen molar-refractivity contribution in [2.45, 2.75) is 25.4 Å². The lowest BCUT2D eigenvalue weighted by molar-refractivity contribution is 0.293. The summed E-state index contributed by atoms with van der Waals surface area (Å²) >= 11 is 5.75. The van der Waals surface area contributed by atoms with Gasteiger partial charge in [0.2, 0.25) is 0 Å². The topological polar surface area (TPSA) is 28.2 Å². The molecule has 1 saturated heterocycles. The fourth-order valence-electron chi connectivity index (χ4n) is 2.16. The van der Waals surface area contributed by atoms with Crippen LogP contribution in [-0.4, -0.2) is 36.1 Å². The predicted octanol–water partition coefficient (Wildman–Crippen LogP) is 1.92. The van der Waals surface area contributed by atoms with Crippen LogP contribution < -0.4 is 5.32 Å². The van der Waals surface area contributed by atoms with Crippen LogP contribution in [-0.2, 0) is 6.54 Å². The largest absolute Gasteiger partial charge is 0.313 e. The van der Waals surface area contributed by atoms with Crippen LogP contribution in [0.2, 0.25) is 5.15 Å². The van der Waals surface area contributed by atoms with E-state index in [9.17, 15) is 0 Å². The monoisotopic (exact) mass is 239 g/mol. The van der Waals surface area contributed by atoms with E-state index in [1.807, 2.05) is 18.3 Å². The summed E-state index contributed by atoms with van der Waals surface area (Å²) in [5, 5.41) is 4.06. The van der Waals surface area contributed by atoms with Crippen LogP contribution >= 0.6 is 11.6 Å². The van der Waals surface area contributed by atoms with Gasteiger partial charge in [-0.15, -0.1) is 0 Å². The van der Waals surface area contributed by atoms with Crippen molar-refractivity contribution in [1.82, 2.24) is 15.2 Å². The molecule has 0 amide bonds. The van der Waals surface area contributed by atoms with Crippen molar-refractivity contribution in [3.63, 3.8) is 0 Å². The van der Waals surface area contributed by atoms with Crippen molar-refractivity contribution in [2.75, 3.05) is 20.1 Å². The zero-order valence-corrected chi connectivity index (χ0v) is 10.4. The van der Waals surface area contributed by atoms with Gasteiger partial charge < -0.3 is 10.2 Å². The highest BCUT2D eigenvalue weighted by Crippen LogP contribution is 2.10. The molecule has 0 spiro atoms. The zero-order chi connectivity index (χ0) is 11.4. The molecule has 1 atom stereocenters. The standard InChI is InChI=1S/C12H18ClN3/c1-16(9-11-3-2-6-14-11)8-10-4-5-12(13)15-7-10/h4-5,7,11,14H,2-3,6,8-9H2,1H3/t11-/m1/s1. The molecule has 1 aliphatic rings. The summed E-state index contributed by atoms with van der Waals surface area (Å²) in [6.07, 6.45) is 4.45. The lowest BCUT2D eigenvalue weighted by Crippen LogP contribution is -2.34. The smallest absolute Gasteiger partial charge is 0.129 e. The van der Waals surface area contributed by atoms with Crippen LogP contribution in [0.5, 0.6) is 0 Å². The van der Waals surface area contributed by atoms with Gasteiger partial charge in [0.25, 0.3) is 0 Å². The van der Waals surface area contributed by atoms with Gasteiger partial charge >= 0.3 is 0 Å². The summed E-state index contributed by atoms with van der Waals surface area (Å²) < 4.78 is 0. The average Bonchev–Trinajstić information content (AvgIpc) is 2.74. The summed E-state index contributed by atoms with van der Waals surface area (Å²) in [5.74, 6) is 0.